The van der Waals surface area contributed by atoms with Crippen LogP contribution in [0.5, 0.6) is 0 Å². The van der Waals surface area contributed by atoms with Crippen molar-refractivity contribution in [1.82, 2.24) is 15.0 Å². The van der Waals surface area contributed by atoms with E-state index in [0.29, 0.717) is 15.7 Å². The molecule has 0 bridgehead atoms. The highest BCUT2D eigenvalue weighted by molar-refractivity contribution is 7.19. The topological polar surface area (TPSA) is 67.8 Å². The van der Waals surface area contributed by atoms with Crippen molar-refractivity contribution in [2.24, 2.45) is 0 Å². The van der Waals surface area contributed by atoms with Gasteiger partial charge in [-0.1, -0.05) is 47.7 Å². The largest absolute Gasteiger partial charge is 0.297 e. The lowest BCUT2D eigenvalue weighted by molar-refractivity contribution is 0.103. The fourth-order valence-corrected chi connectivity index (χ4v) is 4.57. The van der Waals surface area contributed by atoms with Crippen LogP contribution in [0.15, 0.2) is 54.7 Å². The number of benzene rings is 1. The Balaban J connectivity index is 1.58. The van der Waals surface area contributed by atoms with E-state index in [0.717, 1.165) is 26.8 Å². The van der Waals surface area contributed by atoms with Crippen molar-refractivity contribution >= 4 is 33.7 Å². The third-order valence-electron chi connectivity index (χ3n) is 3.94. The van der Waals surface area contributed by atoms with E-state index < -0.39 is 0 Å². The Morgan fingerprint density at radius 1 is 0.926 bits per heavy atom. The maximum atomic E-state index is 12.7. The Hall–Kier alpha value is -2.90. The number of hydrogen-bond acceptors (Lipinski definition) is 6. The number of nitrogens with one attached hydrogen (secondary N) is 1. The van der Waals surface area contributed by atoms with Crippen LogP contribution in [0.25, 0.3) is 21.1 Å². The van der Waals surface area contributed by atoms with E-state index in [-0.39, 0.29) is 5.91 Å². The van der Waals surface area contributed by atoms with Crippen LogP contribution in [0.2, 0.25) is 0 Å². The van der Waals surface area contributed by atoms with Gasteiger partial charge in [0.2, 0.25) is 0 Å². The Labute approximate surface area is 164 Å². The first-order valence-electron chi connectivity index (χ1n) is 8.35. The normalized spacial score (nSPS) is 10.7. The molecule has 0 aliphatic heterocycles. The second-order valence-electron chi connectivity index (χ2n) is 5.90. The van der Waals surface area contributed by atoms with Crippen molar-refractivity contribution in [3.05, 3.63) is 71.0 Å². The van der Waals surface area contributed by atoms with Crippen LogP contribution in [-0.2, 0) is 0 Å². The van der Waals surface area contributed by atoms with Crippen LogP contribution in [0.3, 0.4) is 0 Å². The molecular weight excluding hydrogens is 376 g/mol. The average molecular weight is 393 g/mol. The maximum Gasteiger partial charge on any atom is 0.269 e. The molecule has 0 saturated carbocycles. The summed E-state index contributed by atoms with van der Waals surface area (Å²) < 4.78 is 0. The minimum absolute atomic E-state index is 0.194. The Morgan fingerprint density at radius 2 is 1.70 bits per heavy atom. The predicted molar refractivity (Wildman–Crippen MR) is 110 cm³/mol. The molecule has 0 spiro atoms. The lowest BCUT2D eigenvalue weighted by atomic mass is 10.2. The molecule has 0 unspecified atom stereocenters. The number of hydrogen-bond donors (Lipinski definition) is 1. The van der Waals surface area contributed by atoms with Crippen molar-refractivity contribution in [3.63, 3.8) is 0 Å². The number of thiazole rings is 2. The minimum Gasteiger partial charge on any atom is -0.297 e. The molecule has 1 N–H and O–H groups in total. The number of anilines is 1. The van der Waals surface area contributed by atoms with Gasteiger partial charge in [-0.15, -0.1) is 11.3 Å². The fraction of sp³-hybridized carbons (Fsp3) is 0.100. The van der Waals surface area contributed by atoms with Gasteiger partial charge in [0.25, 0.3) is 5.91 Å². The van der Waals surface area contributed by atoms with Crippen LogP contribution in [0.1, 0.15) is 21.1 Å². The molecular formula is C20H16N4OS2. The maximum absolute atomic E-state index is 12.7. The van der Waals surface area contributed by atoms with Gasteiger partial charge < -0.3 is 0 Å². The summed E-state index contributed by atoms with van der Waals surface area (Å²) in [5.41, 5.74) is 3.45. The van der Waals surface area contributed by atoms with Crippen LogP contribution >= 0.6 is 22.7 Å². The summed E-state index contributed by atoms with van der Waals surface area (Å²) >= 11 is 2.81. The SMILES string of the molecule is Cc1nc(-c2ccccn2)sc1C(=O)Nc1nc(C)c(-c2ccccc2)s1. The third-order valence-corrected chi connectivity index (χ3v) is 6.24. The van der Waals surface area contributed by atoms with E-state index in [1.165, 1.54) is 22.7 Å². The summed E-state index contributed by atoms with van der Waals surface area (Å²) in [6.07, 6.45) is 1.72. The fourth-order valence-electron chi connectivity index (χ4n) is 2.67. The molecule has 3 aromatic heterocycles. The summed E-state index contributed by atoms with van der Waals surface area (Å²) in [6.45, 7) is 3.78. The molecule has 1 amide bonds. The molecule has 0 radical (unpaired) electrons. The zero-order chi connectivity index (χ0) is 18.8. The van der Waals surface area contributed by atoms with Crippen molar-refractivity contribution in [3.8, 4) is 21.1 Å². The molecule has 4 rings (SSSR count). The van der Waals surface area contributed by atoms with Crippen LogP contribution < -0.4 is 5.32 Å². The third kappa shape index (κ3) is 3.65. The van der Waals surface area contributed by atoms with Gasteiger partial charge in [0, 0.05) is 6.20 Å². The van der Waals surface area contributed by atoms with Crippen molar-refractivity contribution in [2.75, 3.05) is 5.32 Å². The average Bonchev–Trinajstić information content (AvgIpc) is 3.26. The van der Waals surface area contributed by atoms with Crippen LogP contribution in [0, 0.1) is 13.8 Å². The second kappa shape index (κ2) is 7.38. The Morgan fingerprint density at radius 3 is 2.44 bits per heavy atom. The van der Waals surface area contributed by atoms with E-state index in [1.807, 2.05) is 62.4 Å². The molecule has 0 aliphatic carbocycles. The number of pyridine rings is 1. The molecule has 134 valence electrons. The first-order chi connectivity index (χ1) is 13.1. The zero-order valence-electron chi connectivity index (χ0n) is 14.8. The number of carbonyl (C=O) groups excluding carboxylic acids is 1. The minimum atomic E-state index is -0.194. The highest BCUT2D eigenvalue weighted by Crippen LogP contribution is 2.33. The quantitative estimate of drug-likeness (QED) is 0.518. The molecule has 1 aromatic carbocycles. The molecule has 4 aromatic rings. The number of rotatable bonds is 4. The van der Waals surface area contributed by atoms with Gasteiger partial charge in [-0.2, -0.15) is 0 Å². The highest BCUT2D eigenvalue weighted by atomic mass is 32.1. The van der Waals surface area contributed by atoms with Gasteiger partial charge in [-0.25, -0.2) is 9.97 Å². The Bertz CT molecular complexity index is 1090. The molecule has 0 atom stereocenters. The standard InChI is InChI=1S/C20H16N4OS2/c1-12-16(14-8-4-3-5-9-14)27-20(23-12)24-18(25)17-13(2)22-19(26-17)15-10-6-7-11-21-15/h3-11H,1-2H3,(H,23,24,25). The van der Waals surface area contributed by atoms with Gasteiger partial charge in [0.15, 0.2) is 5.13 Å². The molecule has 7 heteroatoms. The van der Waals surface area contributed by atoms with Gasteiger partial charge in [0.1, 0.15) is 9.88 Å². The van der Waals surface area contributed by atoms with E-state index in [9.17, 15) is 4.79 Å². The van der Waals surface area contributed by atoms with Gasteiger partial charge in [0.05, 0.1) is 22.0 Å². The van der Waals surface area contributed by atoms with Crippen LogP contribution in [0.4, 0.5) is 5.13 Å². The van der Waals surface area contributed by atoms with E-state index >= 15 is 0 Å². The number of aromatic nitrogens is 3. The zero-order valence-corrected chi connectivity index (χ0v) is 16.4. The van der Waals surface area contributed by atoms with E-state index in [4.69, 9.17) is 0 Å². The van der Waals surface area contributed by atoms with Crippen molar-refractivity contribution < 1.29 is 4.79 Å². The van der Waals surface area contributed by atoms with E-state index in [1.54, 1.807) is 6.20 Å². The summed E-state index contributed by atoms with van der Waals surface area (Å²) in [5.74, 6) is -0.194. The summed E-state index contributed by atoms with van der Waals surface area (Å²) in [7, 11) is 0. The van der Waals surface area contributed by atoms with Gasteiger partial charge in [-0.05, 0) is 31.5 Å². The van der Waals surface area contributed by atoms with E-state index in [2.05, 4.69) is 20.3 Å². The first-order valence-corrected chi connectivity index (χ1v) is 9.98. The second-order valence-corrected chi connectivity index (χ2v) is 7.90. The Kier molecular flexibility index (Phi) is 4.79. The first kappa shape index (κ1) is 17.5. The monoisotopic (exact) mass is 392 g/mol. The van der Waals surface area contributed by atoms with Gasteiger partial charge in [-0.3, -0.25) is 15.1 Å². The molecule has 5 nitrogen and oxygen atoms in total. The number of aryl methyl sites for hydroxylation is 2. The lowest BCUT2D eigenvalue weighted by Gasteiger charge is -1.99. The molecule has 0 fully saturated rings. The molecule has 0 saturated heterocycles. The predicted octanol–water partition coefficient (Wildman–Crippen LogP) is 5.20. The molecule has 3 heterocycles. The molecule has 27 heavy (non-hydrogen) atoms. The van der Waals surface area contributed by atoms with Crippen molar-refractivity contribution in [2.45, 2.75) is 13.8 Å². The van der Waals surface area contributed by atoms with Crippen LogP contribution in [-0.4, -0.2) is 20.9 Å². The van der Waals surface area contributed by atoms with Gasteiger partial charge >= 0.3 is 0 Å². The number of amides is 1. The summed E-state index contributed by atoms with van der Waals surface area (Å²) in [5, 5.41) is 4.23. The smallest absolute Gasteiger partial charge is 0.269 e. The summed E-state index contributed by atoms with van der Waals surface area (Å²) in [4.78, 5) is 27.7. The van der Waals surface area contributed by atoms with Crippen molar-refractivity contribution in [1.29, 1.82) is 0 Å². The highest BCUT2D eigenvalue weighted by Gasteiger charge is 2.19. The summed E-state index contributed by atoms with van der Waals surface area (Å²) in [6, 6.07) is 15.7. The lowest BCUT2D eigenvalue weighted by Crippen LogP contribution is -2.11. The molecule has 0 aliphatic rings. The number of carbonyl (C=O) groups is 1. The number of nitrogens with zero attached hydrogens (tertiary/aromatic N) is 3.